The predicted octanol–water partition coefficient (Wildman–Crippen LogP) is 1.56. The van der Waals surface area contributed by atoms with Crippen LogP contribution >= 0.6 is 0 Å². The van der Waals surface area contributed by atoms with Gasteiger partial charge in [-0.3, -0.25) is 19.3 Å². The molecule has 0 aliphatic carbocycles. The van der Waals surface area contributed by atoms with E-state index < -0.39 is 23.6 Å². The van der Waals surface area contributed by atoms with E-state index in [2.05, 4.69) is 27.2 Å². The summed E-state index contributed by atoms with van der Waals surface area (Å²) in [4.78, 5) is 43.4. The number of nitrogens with zero attached hydrogens (tertiary/aromatic N) is 4. The summed E-state index contributed by atoms with van der Waals surface area (Å²) in [7, 11) is 0. The van der Waals surface area contributed by atoms with Crippen LogP contribution in [0.5, 0.6) is 0 Å². The minimum absolute atomic E-state index is 0.233. The van der Waals surface area contributed by atoms with Crippen molar-refractivity contribution in [1.82, 2.24) is 25.0 Å². The molecule has 1 aliphatic rings. The average molecular weight is 447 g/mol. The lowest BCUT2D eigenvalue weighted by Crippen LogP contribution is -2.34. The van der Waals surface area contributed by atoms with Crippen molar-refractivity contribution in [3.8, 4) is 5.82 Å². The van der Waals surface area contributed by atoms with Gasteiger partial charge in [0.05, 0.1) is 17.3 Å². The number of hydrogen-bond acceptors (Lipinski definition) is 6. The Morgan fingerprint density at radius 3 is 2.67 bits per heavy atom. The Balaban J connectivity index is 1.62. The summed E-state index contributed by atoms with van der Waals surface area (Å²) in [5.74, 6) is -1.81. The highest BCUT2D eigenvalue weighted by molar-refractivity contribution is 6.35. The molecule has 4 rings (SSSR count). The van der Waals surface area contributed by atoms with E-state index in [0.29, 0.717) is 16.9 Å². The number of rotatable bonds is 8. The molecular weight excluding hydrogens is 420 g/mol. The van der Waals surface area contributed by atoms with Crippen LogP contribution < -0.4 is 11.1 Å². The molecule has 1 unspecified atom stereocenters. The molecule has 0 saturated carbocycles. The highest BCUT2D eigenvalue weighted by Crippen LogP contribution is 2.22. The minimum Gasteiger partial charge on any atom is -0.363 e. The summed E-state index contributed by atoms with van der Waals surface area (Å²) >= 11 is 0. The van der Waals surface area contributed by atoms with Crippen molar-refractivity contribution in [1.29, 1.82) is 0 Å². The minimum atomic E-state index is -1.03. The standard InChI is InChI=1S/C24H26N6O3/c1-2-29-12-10-17-14-30(28-20(17)15-29)23-18(9-6-11-26-23)24(33)27-19(13-21(31)22(25)32)16-7-4-3-5-8-16/h3-9,11,14,19H,2,10,12-13,15H2,1H3,(H2,25,32)(H,27,33). The van der Waals surface area contributed by atoms with Crippen molar-refractivity contribution in [2.24, 2.45) is 5.73 Å². The fraction of sp³-hybridized carbons (Fsp3) is 0.292. The van der Waals surface area contributed by atoms with Gasteiger partial charge in [-0.25, -0.2) is 9.67 Å². The maximum Gasteiger partial charge on any atom is 0.284 e. The van der Waals surface area contributed by atoms with Crippen LogP contribution in [0.2, 0.25) is 0 Å². The number of benzene rings is 1. The van der Waals surface area contributed by atoms with Gasteiger partial charge in [0.25, 0.3) is 11.8 Å². The van der Waals surface area contributed by atoms with Gasteiger partial charge in [0.2, 0.25) is 5.78 Å². The summed E-state index contributed by atoms with van der Waals surface area (Å²) in [5, 5.41) is 7.55. The molecule has 3 N–H and O–H groups in total. The first-order valence-corrected chi connectivity index (χ1v) is 10.9. The van der Waals surface area contributed by atoms with Gasteiger partial charge in [-0.15, -0.1) is 0 Å². The number of aromatic nitrogens is 3. The van der Waals surface area contributed by atoms with E-state index in [9.17, 15) is 14.4 Å². The van der Waals surface area contributed by atoms with Gasteiger partial charge in [0, 0.05) is 31.9 Å². The number of fused-ring (bicyclic) bond motifs is 1. The van der Waals surface area contributed by atoms with E-state index in [1.54, 1.807) is 47.3 Å². The van der Waals surface area contributed by atoms with E-state index in [1.165, 1.54) is 0 Å². The van der Waals surface area contributed by atoms with Crippen molar-refractivity contribution < 1.29 is 14.4 Å². The van der Waals surface area contributed by atoms with Crippen molar-refractivity contribution in [2.75, 3.05) is 13.1 Å². The Hall–Kier alpha value is -3.85. The first-order valence-electron chi connectivity index (χ1n) is 10.9. The Bertz CT molecular complexity index is 1170. The number of carbonyl (C=O) groups excluding carboxylic acids is 3. The van der Waals surface area contributed by atoms with E-state index in [1.807, 2.05) is 12.3 Å². The highest BCUT2D eigenvalue weighted by Gasteiger charge is 2.25. The van der Waals surface area contributed by atoms with Crippen molar-refractivity contribution in [2.45, 2.75) is 32.4 Å². The van der Waals surface area contributed by atoms with Crippen LogP contribution in [0, 0.1) is 0 Å². The molecule has 170 valence electrons. The molecule has 0 bridgehead atoms. The number of ketones is 1. The van der Waals surface area contributed by atoms with E-state index >= 15 is 0 Å². The van der Waals surface area contributed by atoms with Gasteiger partial charge in [0.15, 0.2) is 5.82 Å². The zero-order chi connectivity index (χ0) is 23.4. The molecule has 1 aliphatic heterocycles. The van der Waals surface area contributed by atoms with Crippen molar-refractivity contribution in [3.05, 3.63) is 77.2 Å². The fourth-order valence-corrected chi connectivity index (χ4v) is 3.95. The van der Waals surface area contributed by atoms with Crippen LogP contribution in [-0.2, 0) is 22.6 Å². The maximum absolute atomic E-state index is 13.3. The zero-order valence-electron chi connectivity index (χ0n) is 18.4. The number of amides is 2. The molecular formula is C24H26N6O3. The van der Waals surface area contributed by atoms with Crippen LogP contribution in [-0.4, -0.2) is 50.4 Å². The average Bonchev–Trinajstić information content (AvgIpc) is 3.27. The fourth-order valence-electron chi connectivity index (χ4n) is 3.95. The second-order valence-corrected chi connectivity index (χ2v) is 7.97. The zero-order valence-corrected chi connectivity index (χ0v) is 18.4. The Kier molecular flexibility index (Phi) is 6.60. The van der Waals surface area contributed by atoms with Gasteiger partial charge >= 0.3 is 0 Å². The van der Waals surface area contributed by atoms with Crippen LogP contribution in [0.3, 0.4) is 0 Å². The predicted molar refractivity (Wildman–Crippen MR) is 121 cm³/mol. The first-order chi connectivity index (χ1) is 16.0. The molecule has 0 radical (unpaired) electrons. The molecule has 1 atom stereocenters. The number of nitrogens with two attached hydrogens (primary N) is 1. The van der Waals surface area contributed by atoms with E-state index in [0.717, 1.165) is 37.3 Å². The smallest absolute Gasteiger partial charge is 0.284 e. The van der Waals surface area contributed by atoms with Crippen LogP contribution in [0.4, 0.5) is 0 Å². The summed E-state index contributed by atoms with van der Waals surface area (Å²) in [5.41, 5.74) is 8.28. The largest absolute Gasteiger partial charge is 0.363 e. The number of pyridine rings is 1. The monoisotopic (exact) mass is 446 g/mol. The molecule has 33 heavy (non-hydrogen) atoms. The van der Waals surface area contributed by atoms with Gasteiger partial charge in [-0.1, -0.05) is 37.3 Å². The number of nitrogens with one attached hydrogen (secondary N) is 1. The Labute approximate surface area is 191 Å². The molecule has 9 nitrogen and oxygen atoms in total. The molecule has 0 spiro atoms. The third-order valence-electron chi connectivity index (χ3n) is 5.82. The molecule has 2 aromatic heterocycles. The second kappa shape index (κ2) is 9.74. The van der Waals surface area contributed by atoms with Gasteiger partial charge in [-0.05, 0) is 36.2 Å². The molecule has 1 aromatic carbocycles. The molecule has 9 heteroatoms. The normalized spacial score (nSPS) is 14.3. The summed E-state index contributed by atoms with van der Waals surface area (Å²) in [6.45, 7) is 4.81. The summed E-state index contributed by atoms with van der Waals surface area (Å²) < 4.78 is 1.64. The molecule has 0 saturated heterocycles. The third-order valence-corrected chi connectivity index (χ3v) is 5.82. The highest BCUT2D eigenvalue weighted by atomic mass is 16.2. The number of Topliss-reactive ketones (excluding diaryl/α,β-unsaturated/α-hetero) is 1. The van der Waals surface area contributed by atoms with E-state index in [-0.39, 0.29) is 6.42 Å². The van der Waals surface area contributed by atoms with Gasteiger partial charge in [-0.2, -0.15) is 5.10 Å². The quantitative estimate of drug-likeness (QED) is 0.506. The number of likely N-dealkylation sites (N-methyl/N-ethyl adjacent to an activating group) is 1. The lowest BCUT2D eigenvalue weighted by molar-refractivity contribution is -0.136. The summed E-state index contributed by atoms with van der Waals surface area (Å²) in [6.07, 6.45) is 4.19. The second-order valence-electron chi connectivity index (χ2n) is 7.97. The lowest BCUT2D eigenvalue weighted by atomic mass is 10.0. The summed E-state index contributed by atoms with van der Waals surface area (Å²) in [6, 6.07) is 11.6. The molecule has 2 amide bonds. The molecule has 3 aromatic rings. The topological polar surface area (TPSA) is 123 Å². The molecule has 3 heterocycles. The SMILES string of the molecule is CCN1CCc2cn(-c3ncccc3C(=O)NC(CC(=O)C(N)=O)c3ccccc3)nc2C1. The van der Waals surface area contributed by atoms with Crippen LogP contribution in [0.15, 0.2) is 54.9 Å². The molecule has 0 fully saturated rings. The number of carbonyl (C=O) groups is 3. The maximum atomic E-state index is 13.3. The van der Waals surface area contributed by atoms with Crippen molar-refractivity contribution in [3.63, 3.8) is 0 Å². The van der Waals surface area contributed by atoms with Gasteiger partial charge < -0.3 is 11.1 Å². The van der Waals surface area contributed by atoms with Gasteiger partial charge in [0.1, 0.15) is 0 Å². The Morgan fingerprint density at radius 2 is 1.94 bits per heavy atom. The van der Waals surface area contributed by atoms with Crippen LogP contribution in [0.1, 0.15) is 46.6 Å². The lowest BCUT2D eigenvalue weighted by Gasteiger charge is -2.23. The van der Waals surface area contributed by atoms with E-state index in [4.69, 9.17) is 5.73 Å². The van der Waals surface area contributed by atoms with Crippen molar-refractivity contribution >= 4 is 17.6 Å². The third kappa shape index (κ3) is 4.98. The van der Waals surface area contributed by atoms with Crippen LogP contribution in [0.25, 0.3) is 5.82 Å². The number of hydrogen-bond donors (Lipinski definition) is 2. The first kappa shape index (κ1) is 22.3. The Morgan fingerprint density at radius 1 is 1.15 bits per heavy atom. The number of primary amides is 1.